The van der Waals surface area contributed by atoms with Gasteiger partial charge in [-0.15, -0.1) is 24.8 Å². The first-order chi connectivity index (χ1) is 7.54. The molecule has 0 atom stereocenters. The van der Waals surface area contributed by atoms with E-state index < -0.39 is 31.0 Å². The van der Waals surface area contributed by atoms with Gasteiger partial charge in [0.25, 0.3) is 0 Å². The molecule has 0 heterocycles. The van der Waals surface area contributed by atoms with Crippen LogP contribution in [0.25, 0.3) is 0 Å². The fraction of sp³-hybridized carbons (Fsp3) is 0.429. The maximum Gasteiger partial charge on any atom is -0.147 e. The van der Waals surface area contributed by atoms with Crippen LogP contribution in [0.3, 0.4) is 0 Å². The minimum atomic E-state index is -0.934. The fourth-order valence-corrected chi connectivity index (χ4v) is 9.34. The van der Waals surface area contributed by atoms with Crippen LogP contribution < -0.4 is 0 Å². The number of allylic oxidation sites excluding steroid dienone is 8. The molecule has 0 unspecified atom stereocenters. The van der Waals surface area contributed by atoms with Gasteiger partial charge in [-0.05, 0) is 0 Å². The van der Waals surface area contributed by atoms with Crippen molar-refractivity contribution < 1.29 is 22.9 Å². The summed E-state index contributed by atoms with van der Waals surface area (Å²) in [5.41, 5.74) is 1.73. The van der Waals surface area contributed by atoms with Crippen molar-refractivity contribution >= 4 is 32.9 Å². The van der Waals surface area contributed by atoms with Crippen molar-refractivity contribution in [3.63, 3.8) is 0 Å². The van der Waals surface area contributed by atoms with E-state index in [1.807, 2.05) is 3.33 Å². The van der Waals surface area contributed by atoms with Crippen molar-refractivity contribution in [3.05, 3.63) is 45.4 Å². The minimum Gasteiger partial charge on any atom is -0.147 e. The molecule has 0 radical (unpaired) electrons. The average molecular weight is 468 g/mol. The number of rotatable bonds is 4. The Morgan fingerprint density at radius 3 is 2.33 bits per heavy atom. The molecule has 0 saturated heterocycles. The van der Waals surface area contributed by atoms with Crippen molar-refractivity contribution in [3.8, 4) is 0 Å². The molecule has 2 aliphatic rings. The molecule has 2 aliphatic carbocycles. The monoisotopic (exact) mass is 468 g/mol. The van der Waals surface area contributed by atoms with Crippen molar-refractivity contribution in [2.45, 2.75) is 35.8 Å². The minimum absolute atomic E-state index is 0. The third kappa shape index (κ3) is 5.73. The molecular formula is C14H22Cl2HfSi. The van der Waals surface area contributed by atoms with E-state index in [0.717, 1.165) is 3.67 Å². The molecule has 0 aromatic heterocycles. The van der Waals surface area contributed by atoms with E-state index in [0.29, 0.717) is 0 Å². The molecule has 0 saturated carbocycles. The Balaban J connectivity index is 0.00000144. The molecule has 0 amide bonds. The quantitative estimate of drug-likeness (QED) is 0.487. The topological polar surface area (TPSA) is 0 Å². The third-order valence-electron chi connectivity index (χ3n) is 2.84. The van der Waals surface area contributed by atoms with Gasteiger partial charge in [0.15, 0.2) is 0 Å². The molecular weight excluding hydrogens is 446 g/mol. The second kappa shape index (κ2) is 8.03. The Labute approximate surface area is 136 Å². The first-order valence-electron chi connectivity index (χ1n) is 6.05. The standard InChI is InChI=1S/C9H15Si.C5H5.2ClH.Hf/c1-10(2,3)8-9-6-4-5-7-9;1-2-4-5-3-1;;;/h4,6H,5,8H2,1-3H3;1-5H;2*1H;. The summed E-state index contributed by atoms with van der Waals surface area (Å²) in [6, 6.07) is 1.39. The van der Waals surface area contributed by atoms with Crippen molar-refractivity contribution in [2.24, 2.45) is 0 Å². The van der Waals surface area contributed by atoms with Crippen LogP contribution in [0.15, 0.2) is 45.4 Å². The van der Waals surface area contributed by atoms with Crippen molar-refractivity contribution in [2.75, 3.05) is 0 Å². The van der Waals surface area contributed by atoms with Crippen LogP contribution in [0.2, 0.25) is 29.4 Å². The van der Waals surface area contributed by atoms with E-state index >= 15 is 0 Å². The van der Waals surface area contributed by atoms with E-state index in [2.05, 4.69) is 56.1 Å². The maximum absolute atomic E-state index is 2.48. The smallest absolute Gasteiger partial charge is 0.147 e. The van der Waals surface area contributed by atoms with Gasteiger partial charge in [-0.2, -0.15) is 0 Å². The van der Waals surface area contributed by atoms with Crippen LogP contribution in [-0.2, 0) is 22.9 Å². The summed E-state index contributed by atoms with van der Waals surface area (Å²) in [5.74, 6) is 0. The Morgan fingerprint density at radius 1 is 1.17 bits per heavy atom. The van der Waals surface area contributed by atoms with Gasteiger partial charge < -0.3 is 0 Å². The van der Waals surface area contributed by atoms with Crippen LogP contribution in [0.1, 0.15) is 6.42 Å². The Kier molecular flexibility index (Phi) is 8.31. The number of hydrogen-bond acceptors (Lipinski definition) is 0. The van der Waals surface area contributed by atoms with Gasteiger partial charge in [-0.25, -0.2) is 0 Å². The predicted octanol–water partition coefficient (Wildman–Crippen LogP) is 5.38. The Hall–Kier alpha value is 0.627. The van der Waals surface area contributed by atoms with Gasteiger partial charge in [0, 0.05) is 0 Å². The van der Waals surface area contributed by atoms with Gasteiger partial charge in [0.1, 0.15) is 0 Å². The summed E-state index contributed by atoms with van der Waals surface area (Å²) in [6.07, 6.45) is 15.3. The molecule has 18 heavy (non-hydrogen) atoms. The number of hydrogen-bond donors (Lipinski definition) is 0. The average Bonchev–Trinajstić information content (AvgIpc) is 2.77. The zero-order valence-electron chi connectivity index (χ0n) is 11.3. The SMILES string of the molecule is C[Si](C)(C)CC1=[C]([Hf][CH]2C=CC=C2)CC=C1.Cl.Cl. The molecule has 2 rings (SSSR count). The summed E-state index contributed by atoms with van der Waals surface area (Å²) in [5, 5.41) is 0. The number of halogens is 2. The zero-order chi connectivity index (χ0) is 11.6. The maximum atomic E-state index is 2.48. The molecule has 0 bridgehead atoms. The molecule has 4 heteroatoms. The molecule has 0 spiro atoms. The molecule has 0 nitrogen and oxygen atoms in total. The first-order valence-corrected chi connectivity index (χ1v) is 13.6. The summed E-state index contributed by atoms with van der Waals surface area (Å²) in [4.78, 5) is 0. The van der Waals surface area contributed by atoms with Crippen LogP contribution in [0, 0.1) is 0 Å². The third-order valence-corrected chi connectivity index (χ3v) is 10.00. The normalized spacial score (nSPS) is 17.9. The summed E-state index contributed by atoms with van der Waals surface area (Å²) >= 11 is -0.615. The zero-order valence-corrected chi connectivity index (χ0v) is 17.5. The molecule has 100 valence electrons. The largest absolute Gasteiger partial charge is 0.147 e. The van der Waals surface area contributed by atoms with Gasteiger partial charge in [-0.1, -0.05) is 0 Å². The van der Waals surface area contributed by atoms with Gasteiger partial charge in [0.05, 0.1) is 0 Å². The van der Waals surface area contributed by atoms with Crippen LogP contribution >= 0.6 is 24.8 Å². The van der Waals surface area contributed by atoms with Crippen molar-refractivity contribution in [1.82, 2.24) is 0 Å². The first kappa shape index (κ1) is 18.6. The van der Waals surface area contributed by atoms with Crippen LogP contribution in [-0.4, -0.2) is 8.07 Å². The van der Waals surface area contributed by atoms with Crippen molar-refractivity contribution in [1.29, 1.82) is 0 Å². The molecule has 0 aromatic carbocycles. The molecule has 0 fully saturated rings. The van der Waals surface area contributed by atoms with E-state index in [-0.39, 0.29) is 24.8 Å². The molecule has 0 aromatic rings. The summed E-state index contributed by atoms with van der Waals surface area (Å²) in [6.45, 7) is 7.44. The van der Waals surface area contributed by atoms with Crippen LogP contribution in [0.5, 0.6) is 0 Å². The van der Waals surface area contributed by atoms with Gasteiger partial charge in [0.2, 0.25) is 0 Å². The summed E-state index contributed by atoms with van der Waals surface area (Å²) < 4.78 is 2.73. The molecule has 0 aliphatic heterocycles. The van der Waals surface area contributed by atoms with E-state index in [1.54, 1.807) is 5.57 Å². The van der Waals surface area contributed by atoms with E-state index in [1.165, 1.54) is 12.5 Å². The van der Waals surface area contributed by atoms with E-state index in [9.17, 15) is 0 Å². The summed E-state index contributed by atoms with van der Waals surface area (Å²) in [7, 11) is -0.934. The van der Waals surface area contributed by atoms with Crippen LogP contribution in [0.4, 0.5) is 0 Å². The fourth-order valence-electron chi connectivity index (χ4n) is 2.17. The Bertz CT molecular complexity index is 377. The van der Waals surface area contributed by atoms with Gasteiger partial charge in [-0.3, -0.25) is 0 Å². The Morgan fingerprint density at radius 2 is 1.78 bits per heavy atom. The van der Waals surface area contributed by atoms with Gasteiger partial charge >= 0.3 is 112 Å². The second-order valence-corrected chi connectivity index (χ2v) is 16.9. The van der Waals surface area contributed by atoms with E-state index in [4.69, 9.17) is 0 Å². The predicted molar refractivity (Wildman–Crippen MR) is 85.5 cm³/mol. The molecule has 0 N–H and O–H groups in total. The second-order valence-electron chi connectivity index (χ2n) is 5.79.